The molecule has 4 heterocycles. The van der Waals surface area contributed by atoms with Crippen LogP contribution in [0.3, 0.4) is 0 Å². The number of halogens is 1. The Morgan fingerprint density at radius 3 is 2.76 bits per heavy atom. The number of nitrogens with one attached hydrogen (secondary N) is 1. The summed E-state index contributed by atoms with van der Waals surface area (Å²) in [6.07, 6.45) is 6.62. The van der Waals surface area contributed by atoms with E-state index in [2.05, 4.69) is 26.3 Å². The van der Waals surface area contributed by atoms with E-state index < -0.39 is 22.4 Å². The second kappa shape index (κ2) is 9.60. The highest BCUT2D eigenvalue weighted by Crippen LogP contribution is 2.32. The first-order valence-electron chi connectivity index (χ1n) is 10.6. The molecule has 10 nitrogen and oxygen atoms in total. The normalized spacial score (nSPS) is 18.3. The molecule has 3 N–H and O–H groups in total. The molecule has 0 unspecified atom stereocenters. The lowest BCUT2D eigenvalue weighted by molar-refractivity contribution is 0.138. The molecule has 0 aliphatic carbocycles. The molecule has 4 rings (SSSR count). The molecule has 1 atom stereocenters. The molecule has 0 radical (unpaired) electrons. The molecule has 0 saturated carbocycles. The van der Waals surface area contributed by atoms with Crippen LogP contribution >= 0.6 is 11.6 Å². The number of aryl methyl sites for hydroxylation is 1. The summed E-state index contributed by atoms with van der Waals surface area (Å²) in [5.74, 6) is 2.26. The first-order valence-corrected chi connectivity index (χ1v) is 12.3. The minimum atomic E-state index is -1.18. The minimum absolute atomic E-state index is 0.0428. The van der Waals surface area contributed by atoms with E-state index in [0.717, 1.165) is 30.7 Å². The summed E-state index contributed by atoms with van der Waals surface area (Å²) >= 11 is 5.91. The van der Waals surface area contributed by atoms with Crippen molar-refractivity contribution in [2.45, 2.75) is 43.5 Å². The van der Waals surface area contributed by atoms with Gasteiger partial charge in [0.05, 0.1) is 27.1 Å². The van der Waals surface area contributed by atoms with Gasteiger partial charge in [-0.25, -0.2) is 19.7 Å². The first-order chi connectivity index (χ1) is 15.7. The maximum Gasteiger partial charge on any atom is 0.404 e. The molecule has 176 valence electrons. The van der Waals surface area contributed by atoms with E-state index in [-0.39, 0.29) is 6.61 Å². The SMILES string of the molecule is CC(C)(COC(N)=O)Nc1nc(N2CCC=C(c3ncc(Cl)cn3)CC2)nc2c1[S@](=O)CC2. The number of nitrogens with two attached hydrogens (primary N) is 1. The standard InChI is InChI=1S/C21H26ClN7O3S/c1-21(2,12-32-19(23)30)28-18-16-15(6-9-33(16)31)26-20(27-18)29-7-3-4-13(5-8-29)17-24-10-14(22)11-25-17/h4,10-11H,3,5-9,12H2,1-2H3,(H2,23,30)(H,26,27,28)/t33-/m1/s1. The van der Waals surface area contributed by atoms with Gasteiger partial charge in [0.1, 0.15) is 17.3 Å². The van der Waals surface area contributed by atoms with Gasteiger partial charge in [-0.3, -0.25) is 4.21 Å². The van der Waals surface area contributed by atoms with Crippen molar-refractivity contribution in [3.63, 3.8) is 0 Å². The Morgan fingerprint density at radius 1 is 1.27 bits per heavy atom. The van der Waals surface area contributed by atoms with Gasteiger partial charge in [-0.2, -0.15) is 4.98 Å². The molecular weight excluding hydrogens is 466 g/mol. The van der Waals surface area contributed by atoms with Gasteiger partial charge < -0.3 is 20.7 Å². The lowest BCUT2D eigenvalue weighted by Gasteiger charge is -2.28. The summed E-state index contributed by atoms with van der Waals surface area (Å²) in [7, 11) is -1.18. The Bertz CT molecular complexity index is 1110. The number of aromatic nitrogens is 4. The molecule has 0 saturated heterocycles. The Kier molecular flexibility index (Phi) is 6.80. The molecule has 12 heteroatoms. The molecule has 2 aromatic rings. The van der Waals surface area contributed by atoms with E-state index >= 15 is 0 Å². The van der Waals surface area contributed by atoms with Crippen LogP contribution in [0.1, 0.15) is 38.2 Å². The van der Waals surface area contributed by atoms with Crippen molar-refractivity contribution in [3.8, 4) is 0 Å². The minimum Gasteiger partial charge on any atom is -0.447 e. The third-order valence-corrected chi connectivity index (χ3v) is 6.99. The van der Waals surface area contributed by atoms with Crippen molar-refractivity contribution >= 4 is 45.8 Å². The molecule has 1 amide bonds. The van der Waals surface area contributed by atoms with Gasteiger partial charge >= 0.3 is 6.09 Å². The number of carbonyl (C=O) groups excluding carboxylic acids is 1. The van der Waals surface area contributed by atoms with Crippen LogP contribution in [-0.2, 0) is 22.0 Å². The van der Waals surface area contributed by atoms with E-state index in [1.807, 2.05) is 13.8 Å². The fourth-order valence-corrected chi connectivity index (χ4v) is 5.17. The number of hydrogen-bond acceptors (Lipinski definition) is 9. The van der Waals surface area contributed by atoms with Crippen molar-refractivity contribution in [2.75, 3.05) is 35.7 Å². The fourth-order valence-electron chi connectivity index (χ4n) is 3.76. The number of nitrogens with zero attached hydrogens (tertiary/aromatic N) is 5. The van der Waals surface area contributed by atoms with Gasteiger partial charge in [0.25, 0.3) is 0 Å². The van der Waals surface area contributed by atoms with Crippen LogP contribution in [0.25, 0.3) is 5.57 Å². The Balaban J connectivity index is 1.56. The predicted octanol–water partition coefficient (Wildman–Crippen LogP) is 2.55. The summed E-state index contributed by atoms with van der Waals surface area (Å²) in [6, 6.07) is 0. The van der Waals surface area contributed by atoms with Gasteiger partial charge in [0, 0.05) is 37.7 Å². The highest BCUT2D eigenvalue weighted by Gasteiger charge is 2.31. The second-order valence-corrected chi connectivity index (χ2v) is 10.5. The Hall–Kier alpha value is -2.79. The number of fused-ring (bicyclic) bond motifs is 1. The molecule has 0 bridgehead atoms. The molecule has 0 fully saturated rings. The van der Waals surface area contributed by atoms with Gasteiger partial charge in [0.15, 0.2) is 5.82 Å². The number of carbonyl (C=O) groups is 1. The predicted molar refractivity (Wildman–Crippen MR) is 127 cm³/mol. The molecule has 2 aliphatic heterocycles. The highest BCUT2D eigenvalue weighted by molar-refractivity contribution is 7.85. The van der Waals surface area contributed by atoms with Crippen LogP contribution in [0.5, 0.6) is 0 Å². The molecule has 2 aromatic heterocycles. The Morgan fingerprint density at radius 2 is 2.03 bits per heavy atom. The lowest BCUT2D eigenvalue weighted by Crippen LogP contribution is -2.39. The lowest BCUT2D eigenvalue weighted by atomic mass is 10.1. The van der Waals surface area contributed by atoms with Crippen molar-refractivity contribution in [3.05, 3.63) is 35.0 Å². The number of amides is 1. The average Bonchev–Trinajstić information content (AvgIpc) is 2.98. The van der Waals surface area contributed by atoms with E-state index in [1.165, 1.54) is 0 Å². The summed E-state index contributed by atoms with van der Waals surface area (Å²) in [5.41, 5.74) is 6.28. The molecular formula is C21H26ClN7O3S. The highest BCUT2D eigenvalue weighted by atomic mass is 35.5. The first kappa shape index (κ1) is 23.4. The summed E-state index contributed by atoms with van der Waals surface area (Å²) in [5, 5.41) is 3.79. The summed E-state index contributed by atoms with van der Waals surface area (Å²) < 4.78 is 17.6. The smallest absolute Gasteiger partial charge is 0.404 e. The van der Waals surface area contributed by atoms with Gasteiger partial charge in [-0.05, 0) is 32.3 Å². The van der Waals surface area contributed by atoms with E-state index in [9.17, 15) is 9.00 Å². The maximum atomic E-state index is 12.6. The second-order valence-electron chi connectivity index (χ2n) is 8.54. The molecule has 33 heavy (non-hydrogen) atoms. The van der Waals surface area contributed by atoms with E-state index in [1.54, 1.807) is 12.4 Å². The zero-order valence-electron chi connectivity index (χ0n) is 18.5. The third kappa shape index (κ3) is 5.59. The van der Waals surface area contributed by atoms with Crippen LogP contribution in [-0.4, -0.2) is 61.2 Å². The number of ether oxygens (including phenoxy) is 1. The zero-order valence-corrected chi connectivity index (χ0v) is 20.1. The number of rotatable bonds is 6. The third-order valence-electron chi connectivity index (χ3n) is 5.34. The van der Waals surface area contributed by atoms with Crippen molar-refractivity contribution in [1.29, 1.82) is 0 Å². The van der Waals surface area contributed by atoms with E-state index in [0.29, 0.717) is 46.2 Å². The summed E-state index contributed by atoms with van der Waals surface area (Å²) in [6.45, 7) is 5.17. The van der Waals surface area contributed by atoms with Crippen LogP contribution in [0, 0.1) is 0 Å². The number of primary amides is 1. The van der Waals surface area contributed by atoms with Crippen LogP contribution in [0.2, 0.25) is 5.02 Å². The largest absolute Gasteiger partial charge is 0.447 e. The maximum absolute atomic E-state index is 12.6. The Labute approximate surface area is 199 Å². The number of anilines is 2. The van der Waals surface area contributed by atoms with Gasteiger partial charge in [-0.1, -0.05) is 17.7 Å². The van der Waals surface area contributed by atoms with Crippen molar-refractivity contribution in [1.82, 2.24) is 19.9 Å². The molecule has 0 spiro atoms. The molecule has 0 aromatic carbocycles. The summed E-state index contributed by atoms with van der Waals surface area (Å²) in [4.78, 5) is 31.9. The quantitative estimate of drug-likeness (QED) is 0.624. The van der Waals surface area contributed by atoms with Crippen molar-refractivity contribution < 1.29 is 13.7 Å². The van der Waals surface area contributed by atoms with Crippen LogP contribution in [0.4, 0.5) is 16.6 Å². The number of hydrogen-bond donors (Lipinski definition) is 2. The van der Waals surface area contributed by atoms with Crippen LogP contribution < -0.4 is 16.0 Å². The average molecular weight is 492 g/mol. The monoisotopic (exact) mass is 491 g/mol. The van der Waals surface area contributed by atoms with Gasteiger partial charge in [0.2, 0.25) is 5.95 Å². The van der Waals surface area contributed by atoms with Crippen LogP contribution in [0.15, 0.2) is 23.4 Å². The van der Waals surface area contributed by atoms with Crippen molar-refractivity contribution in [2.24, 2.45) is 5.73 Å². The zero-order chi connectivity index (χ0) is 23.6. The molecule has 2 aliphatic rings. The topological polar surface area (TPSA) is 136 Å². The van der Waals surface area contributed by atoms with E-state index in [4.69, 9.17) is 32.0 Å². The van der Waals surface area contributed by atoms with Gasteiger partial charge in [-0.15, -0.1) is 0 Å². The fraction of sp³-hybridized carbons (Fsp3) is 0.476.